The van der Waals surface area contributed by atoms with Gasteiger partial charge in [-0.1, -0.05) is 19.8 Å². The molecule has 1 aliphatic carbocycles. The molecule has 2 radical (unpaired) electrons. The fourth-order valence-electron chi connectivity index (χ4n) is 1.48. The average molecular weight is 124 g/mol. The van der Waals surface area contributed by atoms with E-state index >= 15 is 0 Å². The Morgan fingerprint density at radius 3 is 2.89 bits per heavy atom. The Bertz CT molecular complexity index is 57.7. The quantitative estimate of drug-likeness (QED) is 0.531. The first kappa shape index (κ1) is 7.11. The average Bonchev–Trinajstić information content (AvgIpc) is 1.91. The minimum Gasteiger partial charge on any atom is -0.0654 e. The van der Waals surface area contributed by atoms with Crippen LogP contribution in [0.25, 0.3) is 0 Å². The standard InChI is InChI=1S/C9H16/c1-2-6-9-7-4-3-5-8-9/h4,8-9H,2-3,5-7H2,1H3. The lowest BCUT2D eigenvalue weighted by Crippen LogP contribution is -2.06. The molecule has 0 saturated heterocycles. The first-order valence-electron chi connectivity index (χ1n) is 4.08. The Labute approximate surface area is 58.7 Å². The van der Waals surface area contributed by atoms with Crippen molar-refractivity contribution in [2.24, 2.45) is 5.92 Å². The summed E-state index contributed by atoms with van der Waals surface area (Å²) in [7, 11) is 0. The van der Waals surface area contributed by atoms with E-state index < -0.39 is 0 Å². The van der Waals surface area contributed by atoms with Crippen molar-refractivity contribution in [3.63, 3.8) is 0 Å². The van der Waals surface area contributed by atoms with Gasteiger partial charge in [-0.2, -0.15) is 0 Å². The molecule has 0 N–H and O–H groups in total. The third kappa shape index (κ3) is 2.38. The Kier molecular flexibility index (Phi) is 3.10. The maximum Gasteiger partial charge on any atom is -0.0355 e. The van der Waals surface area contributed by atoms with Gasteiger partial charge in [0.15, 0.2) is 0 Å². The summed E-state index contributed by atoms with van der Waals surface area (Å²) in [5.41, 5.74) is 0. The summed E-state index contributed by atoms with van der Waals surface area (Å²) in [5.74, 6) is 0.920. The molecule has 0 heteroatoms. The van der Waals surface area contributed by atoms with E-state index in [0.717, 1.165) is 5.92 Å². The Morgan fingerprint density at radius 1 is 1.44 bits per heavy atom. The van der Waals surface area contributed by atoms with Gasteiger partial charge < -0.3 is 0 Å². The zero-order valence-corrected chi connectivity index (χ0v) is 6.27. The van der Waals surface area contributed by atoms with Crippen molar-refractivity contribution < 1.29 is 0 Å². The van der Waals surface area contributed by atoms with Crippen molar-refractivity contribution in [3.8, 4) is 0 Å². The monoisotopic (exact) mass is 124 g/mol. The molecule has 1 unspecified atom stereocenters. The van der Waals surface area contributed by atoms with E-state index in [0.29, 0.717) is 0 Å². The van der Waals surface area contributed by atoms with E-state index in [1.165, 1.54) is 32.1 Å². The van der Waals surface area contributed by atoms with Crippen molar-refractivity contribution in [3.05, 3.63) is 12.8 Å². The highest BCUT2D eigenvalue weighted by Gasteiger charge is 2.11. The van der Waals surface area contributed by atoms with Gasteiger partial charge in [0, 0.05) is 0 Å². The lowest BCUT2D eigenvalue weighted by atomic mass is 9.86. The summed E-state index contributed by atoms with van der Waals surface area (Å²) < 4.78 is 0. The second-order valence-corrected chi connectivity index (χ2v) is 2.89. The molecule has 1 saturated carbocycles. The van der Waals surface area contributed by atoms with E-state index in [-0.39, 0.29) is 0 Å². The van der Waals surface area contributed by atoms with Gasteiger partial charge in [-0.3, -0.25) is 0 Å². The van der Waals surface area contributed by atoms with Crippen molar-refractivity contribution >= 4 is 0 Å². The second kappa shape index (κ2) is 3.92. The zero-order chi connectivity index (χ0) is 6.53. The molecule has 0 aromatic carbocycles. The molecule has 0 aromatic heterocycles. The van der Waals surface area contributed by atoms with E-state index in [1.54, 1.807) is 0 Å². The molecule has 0 heterocycles. The lowest BCUT2D eigenvalue weighted by molar-refractivity contribution is 0.477. The molecule has 1 atom stereocenters. The van der Waals surface area contributed by atoms with Gasteiger partial charge >= 0.3 is 0 Å². The molecule has 0 aromatic rings. The van der Waals surface area contributed by atoms with Crippen molar-refractivity contribution in [1.29, 1.82) is 0 Å². The van der Waals surface area contributed by atoms with E-state index in [4.69, 9.17) is 0 Å². The first-order chi connectivity index (χ1) is 4.43. The van der Waals surface area contributed by atoms with Crippen LogP contribution in [0.5, 0.6) is 0 Å². The molecule has 0 aliphatic heterocycles. The normalized spacial score (nSPS) is 22.3. The first-order valence-corrected chi connectivity index (χ1v) is 4.08. The summed E-state index contributed by atoms with van der Waals surface area (Å²) >= 11 is 0. The van der Waals surface area contributed by atoms with Crippen LogP contribution in [-0.4, -0.2) is 0 Å². The highest BCUT2D eigenvalue weighted by atomic mass is 14.2. The van der Waals surface area contributed by atoms with Gasteiger partial charge in [-0.25, -0.2) is 0 Å². The second-order valence-electron chi connectivity index (χ2n) is 2.89. The van der Waals surface area contributed by atoms with Crippen LogP contribution in [0.1, 0.15) is 39.0 Å². The molecule has 0 amide bonds. The van der Waals surface area contributed by atoms with Gasteiger partial charge in [-0.15, -0.1) is 0 Å². The van der Waals surface area contributed by atoms with Crippen molar-refractivity contribution in [2.75, 3.05) is 0 Å². The smallest absolute Gasteiger partial charge is 0.0355 e. The summed E-state index contributed by atoms with van der Waals surface area (Å²) in [4.78, 5) is 0. The minimum absolute atomic E-state index is 0.920. The largest absolute Gasteiger partial charge is 0.0654 e. The van der Waals surface area contributed by atoms with Gasteiger partial charge in [-0.05, 0) is 38.0 Å². The number of rotatable bonds is 2. The summed E-state index contributed by atoms with van der Waals surface area (Å²) in [6.45, 7) is 2.27. The zero-order valence-electron chi connectivity index (χ0n) is 6.27. The Morgan fingerprint density at radius 2 is 2.33 bits per heavy atom. The highest BCUT2D eigenvalue weighted by Crippen LogP contribution is 2.25. The number of hydrogen-bond donors (Lipinski definition) is 0. The summed E-state index contributed by atoms with van der Waals surface area (Å²) in [6.07, 6.45) is 11.6. The van der Waals surface area contributed by atoms with Crippen LogP contribution < -0.4 is 0 Å². The van der Waals surface area contributed by atoms with Crippen LogP contribution in [0.3, 0.4) is 0 Å². The van der Waals surface area contributed by atoms with Gasteiger partial charge in [0.25, 0.3) is 0 Å². The lowest BCUT2D eigenvalue weighted by Gasteiger charge is -2.19. The van der Waals surface area contributed by atoms with E-state index in [2.05, 4.69) is 19.8 Å². The third-order valence-electron chi connectivity index (χ3n) is 2.00. The van der Waals surface area contributed by atoms with Crippen LogP contribution in [0.4, 0.5) is 0 Å². The van der Waals surface area contributed by atoms with Crippen LogP contribution in [0, 0.1) is 18.8 Å². The van der Waals surface area contributed by atoms with Crippen LogP contribution in [0.15, 0.2) is 0 Å². The minimum atomic E-state index is 0.920. The van der Waals surface area contributed by atoms with Crippen molar-refractivity contribution in [2.45, 2.75) is 39.0 Å². The molecule has 0 nitrogen and oxygen atoms in total. The van der Waals surface area contributed by atoms with E-state index in [9.17, 15) is 0 Å². The molecule has 1 fully saturated rings. The van der Waals surface area contributed by atoms with Gasteiger partial charge in [0.2, 0.25) is 0 Å². The van der Waals surface area contributed by atoms with Crippen molar-refractivity contribution in [1.82, 2.24) is 0 Å². The topological polar surface area (TPSA) is 0 Å². The van der Waals surface area contributed by atoms with Crippen LogP contribution in [0.2, 0.25) is 0 Å². The fraction of sp³-hybridized carbons (Fsp3) is 0.778. The third-order valence-corrected chi connectivity index (χ3v) is 2.00. The van der Waals surface area contributed by atoms with Crippen LogP contribution in [-0.2, 0) is 0 Å². The fourth-order valence-corrected chi connectivity index (χ4v) is 1.48. The van der Waals surface area contributed by atoms with Crippen LogP contribution >= 0.6 is 0 Å². The molecule has 1 rings (SSSR count). The maximum absolute atomic E-state index is 2.49. The molecular formula is C9H16. The maximum atomic E-state index is 2.49. The molecular weight excluding hydrogens is 108 g/mol. The summed E-state index contributed by atoms with van der Waals surface area (Å²) in [6, 6.07) is 0. The van der Waals surface area contributed by atoms with Gasteiger partial charge in [0.05, 0.1) is 0 Å². The Hall–Kier alpha value is 0. The van der Waals surface area contributed by atoms with Gasteiger partial charge in [0.1, 0.15) is 0 Å². The Balaban J connectivity index is 2.08. The predicted molar refractivity (Wildman–Crippen MR) is 40.8 cm³/mol. The number of hydrogen-bond acceptors (Lipinski definition) is 0. The van der Waals surface area contributed by atoms with E-state index in [1.807, 2.05) is 0 Å². The summed E-state index contributed by atoms with van der Waals surface area (Å²) in [5, 5.41) is 0. The molecule has 1 aliphatic rings. The molecule has 9 heavy (non-hydrogen) atoms. The highest BCUT2D eigenvalue weighted by molar-refractivity contribution is 4.88. The molecule has 52 valence electrons. The SMILES string of the molecule is CCCC1[CH]CC[CH]C1. The molecule has 0 bridgehead atoms. The molecule has 0 spiro atoms. The predicted octanol–water partition coefficient (Wildman–Crippen LogP) is 3.00.